The van der Waals surface area contributed by atoms with E-state index in [1.165, 1.54) is 19.3 Å². The van der Waals surface area contributed by atoms with Gasteiger partial charge in [-0.3, -0.25) is 9.78 Å². The molecule has 1 heterocycles. The second kappa shape index (κ2) is 6.04. The second-order valence-electron chi connectivity index (χ2n) is 5.54. The molecule has 1 aromatic carbocycles. The maximum absolute atomic E-state index is 12.2. The molecule has 3 nitrogen and oxygen atoms in total. The molecule has 1 saturated carbocycles. The van der Waals surface area contributed by atoms with Gasteiger partial charge >= 0.3 is 0 Å². The fourth-order valence-corrected chi connectivity index (χ4v) is 3.00. The van der Waals surface area contributed by atoms with E-state index >= 15 is 0 Å². The molecule has 0 saturated heterocycles. The third kappa shape index (κ3) is 2.82. The van der Waals surface area contributed by atoms with Crippen LogP contribution in [-0.2, 0) is 11.3 Å². The number of nitrogens with one attached hydrogen (secondary N) is 1. The molecular weight excluding hydrogens is 248 g/mol. The molecule has 2 aromatic rings. The summed E-state index contributed by atoms with van der Waals surface area (Å²) in [5.41, 5.74) is 2.08. The van der Waals surface area contributed by atoms with Crippen molar-refractivity contribution in [2.75, 3.05) is 0 Å². The molecule has 1 fully saturated rings. The van der Waals surface area contributed by atoms with Gasteiger partial charge in [-0.2, -0.15) is 0 Å². The number of fused-ring (bicyclic) bond motifs is 1. The Bertz CT molecular complexity index is 597. The fraction of sp³-hybridized carbons (Fsp3) is 0.412. The SMILES string of the molecule is O=C(NCc1cccc2cccnc12)C1CCCCC1. The first kappa shape index (κ1) is 13.1. The van der Waals surface area contributed by atoms with Crippen LogP contribution in [0.15, 0.2) is 36.5 Å². The van der Waals surface area contributed by atoms with Crippen LogP contribution in [0.1, 0.15) is 37.7 Å². The monoisotopic (exact) mass is 268 g/mol. The summed E-state index contributed by atoms with van der Waals surface area (Å²) in [7, 11) is 0. The first-order chi connectivity index (χ1) is 9.84. The highest BCUT2D eigenvalue weighted by atomic mass is 16.1. The molecule has 1 aromatic heterocycles. The molecule has 3 rings (SSSR count). The van der Waals surface area contributed by atoms with Gasteiger partial charge in [0, 0.05) is 24.0 Å². The lowest BCUT2D eigenvalue weighted by Crippen LogP contribution is -2.31. The third-order valence-corrected chi connectivity index (χ3v) is 4.15. The van der Waals surface area contributed by atoms with Crippen LogP contribution in [0.2, 0.25) is 0 Å². The van der Waals surface area contributed by atoms with Gasteiger partial charge in [0.2, 0.25) is 5.91 Å². The van der Waals surface area contributed by atoms with E-state index in [0.717, 1.165) is 29.3 Å². The number of amides is 1. The second-order valence-corrected chi connectivity index (χ2v) is 5.54. The van der Waals surface area contributed by atoms with Crippen molar-refractivity contribution in [1.29, 1.82) is 0 Å². The average Bonchev–Trinajstić information content (AvgIpc) is 2.53. The Balaban J connectivity index is 1.69. The molecule has 0 bridgehead atoms. The highest BCUT2D eigenvalue weighted by Crippen LogP contribution is 2.24. The van der Waals surface area contributed by atoms with Crippen molar-refractivity contribution in [2.45, 2.75) is 38.6 Å². The Hall–Kier alpha value is -1.90. The number of carbonyl (C=O) groups excluding carboxylic acids is 1. The van der Waals surface area contributed by atoms with Gasteiger partial charge in [-0.25, -0.2) is 0 Å². The quantitative estimate of drug-likeness (QED) is 0.926. The average molecular weight is 268 g/mol. The predicted octanol–water partition coefficient (Wildman–Crippen LogP) is 3.43. The van der Waals surface area contributed by atoms with E-state index < -0.39 is 0 Å². The minimum atomic E-state index is 0.206. The molecule has 0 spiro atoms. The van der Waals surface area contributed by atoms with E-state index in [2.05, 4.69) is 22.4 Å². The number of pyridine rings is 1. The summed E-state index contributed by atoms with van der Waals surface area (Å²) in [5, 5.41) is 4.20. The Kier molecular flexibility index (Phi) is 3.95. The zero-order valence-corrected chi connectivity index (χ0v) is 11.6. The fourth-order valence-electron chi connectivity index (χ4n) is 3.00. The van der Waals surface area contributed by atoms with Crippen molar-refractivity contribution < 1.29 is 4.79 Å². The number of hydrogen-bond acceptors (Lipinski definition) is 2. The molecular formula is C17H20N2O. The largest absolute Gasteiger partial charge is 0.352 e. The van der Waals surface area contributed by atoms with Crippen LogP contribution < -0.4 is 5.32 Å². The number of aromatic nitrogens is 1. The van der Waals surface area contributed by atoms with E-state index in [9.17, 15) is 4.79 Å². The molecule has 0 atom stereocenters. The smallest absolute Gasteiger partial charge is 0.223 e. The van der Waals surface area contributed by atoms with Gasteiger partial charge in [-0.15, -0.1) is 0 Å². The van der Waals surface area contributed by atoms with Gasteiger partial charge in [-0.1, -0.05) is 43.5 Å². The predicted molar refractivity (Wildman–Crippen MR) is 80.2 cm³/mol. The van der Waals surface area contributed by atoms with Crippen molar-refractivity contribution in [1.82, 2.24) is 10.3 Å². The molecule has 1 aliphatic carbocycles. The summed E-state index contributed by atoms with van der Waals surface area (Å²) in [6, 6.07) is 10.1. The van der Waals surface area contributed by atoms with Gasteiger partial charge in [0.05, 0.1) is 5.52 Å². The maximum atomic E-state index is 12.2. The van der Waals surface area contributed by atoms with Crippen LogP contribution in [0.4, 0.5) is 0 Å². The topological polar surface area (TPSA) is 42.0 Å². The van der Waals surface area contributed by atoms with Gasteiger partial charge in [0.25, 0.3) is 0 Å². The molecule has 0 unspecified atom stereocenters. The van der Waals surface area contributed by atoms with E-state index in [1.807, 2.05) is 18.2 Å². The Morgan fingerprint density at radius 1 is 1.15 bits per heavy atom. The molecule has 1 N–H and O–H groups in total. The standard InChI is InChI=1S/C17H20N2O/c20-17(14-6-2-1-3-7-14)19-12-15-9-4-8-13-10-5-11-18-16(13)15/h4-5,8-11,14H,1-3,6-7,12H2,(H,19,20). The van der Waals surface area contributed by atoms with Crippen LogP contribution in [-0.4, -0.2) is 10.9 Å². The van der Waals surface area contributed by atoms with Crippen LogP contribution in [0.5, 0.6) is 0 Å². The van der Waals surface area contributed by atoms with Crippen molar-refractivity contribution in [3.8, 4) is 0 Å². The normalized spacial score (nSPS) is 16.2. The van der Waals surface area contributed by atoms with Gasteiger partial charge in [0.15, 0.2) is 0 Å². The van der Waals surface area contributed by atoms with Crippen LogP contribution >= 0.6 is 0 Å². The summed E-state index contributed by atoms with van der Waals surface area (Å²) < 4.78 is 0. The van der Waals surface area contributed by atoms with Crippen molar-refractivity contribution in [3.05, 3.63) is 42.1 Å². The minimum Gasteiger partial charge on any atom is -0.352 e. The summed E-state index contributed by atoms with van der Waals surface area (Å²) >= 11 is 0. The van der Waals surface area contributed by atoms with Crippen LogP contribution in [0.3, 0.4) is 0 Å². The minimum absolute atomic E-state index is 0.206. The first-order valence-electron chi connectivity index (χ1n) is 7.45. The summed E-state index contributed by atoms with van der Waals surface area (Å²) in [4.78, 5) is 16.6. The van der Waals surface area contributed by atoms with Crippen molar-refractivity contribution in [2.24, 2.45) is 5.92 Å². The summed E-state index contributed by atoms with van der Waals surface area (Å²) in [5.74, 6) is 0.421. The van der Waals surface area contributed by atoms with Gasteiger partial charge in [-0.05, 0) is 24.5 Å². The highest BCUT2D eigenvalue weighted by Gasteiger charge is 2.20. The summed E-state index contributed by atoms with van der Waals surface area (Å²) in [6.07, 6.45) is 7.53. The molecule has 104 valence electrons. The first-order valence-corrected chi connectivity index (χ1v) is 7.45. The molecule has 3 heteroatoms. The van der Waals surface area contributed by atoms with E-state index in [1.54, 1.807) is 6.20 Å². The van der Waals surface area contributed by atoms with Gasteiger partial charge < -0.3 is 5.32 Å². The van der Waals surface area contributed by atoms with Crippen LogP contribution in [0, 0.1) is 5.92 Å². The zero-order valence-electron chi connectivity index (χ0n) is 11.6. The molecule has 0 aliphatic heterocycles. The Morgan fingerprint density at radius 3 is 2.80 bits per heavy atom. The van der Waals surface area contributed by atoms with E-state index in [-0.39, 0.29) is 11.8 Å². The van der Waals surface area contributed by atoms with Crippen LogP contribution in [0.25, 0.3) is 10.9 Å². The highest BCUT2D eigenvalue weighted by molar-refractivity contribution is 5.83. The molecule has 0 radical (unpaired) electrons. The Labute approximate surface area is 119 Å². The lowest BCUT2D eigenvalue weighted by atomic mass is 9.88. The number of nitrogens with zero attached hydrogens (tertiary/aromatic N) is 1. The lowest BCUT2D eigenvalue weighted by Gasteiger charge is -2.20. The van der Waals surface area contributed by atoms with Crippen molar-refractivity contribution >= 4 is 16.8 Å². The number of benzene rings is 1. The molecule has 1 aliphatic rings. The zero-order chi connectivity index (χ0) is 13.8. The molecule has 1 amide bonds. The van der Waals surface area contributed by atoms with E-state index in [0.29, 0.717) is 6.54 Å². The molecule has 20 heavy (non-hydrogen) atoms. The maximum Gasteiger partial charge on any atom is 0.223 e. The van der Waals surface area contributed by atoms with Crippen molar-refractivity contribution in [3.63, 3.8) is 0 Å². The number of carbonyl (C=O) groups is 1. The third-order valence-electron chi connectivity index (χ3n) is 4.15. The van der Waals surface area contributed by atoms with E-state index in [4.69, 9.17) is 0 Å². The summed E-state index contributed by atoms with van der Waals surface area (Å²) in [6.45, 7) is 0.573. The Morgan fingerprint density at radius 2 is 1.95 bits per heavy atom. The lowest BCUT2D eigenvalue weighted by molar-refractivity contribution is -0.126. The van der Waals surface area contributed by atoms with Gasteiger partial charge in [0.1, 0.15) is 0 Å². The number of para-hydroxylation sites is 1. The number of rotatable bonds is 3. The number of hydrogen-bond donors (Lipinski definition) is 1.